The van der Waals surface area contributed by atoms with Crippen molar-refractivity contribution >= 4 is 22.7 Å². The molecule has 3 heteroatoms. The van der Waals surface area contributed by atoms with Crippen LogP contribution in [-0.4, -0.2) is 18.6 Å². The van der Waals surface area contributed by atoms with Crippen LogP contribution in [0.5, 0.6) is 0 Å². The van der Waals surface area contributed by atoms with Gasteiger partial charge in [0.1, 0.15) is 11.3 Å². The van der Waals surface area contributed by atoms with E-state index in [4.69, 9.17) is 4.42 Å². The lowest BCUT2D eigenvalue weighted by atomic mass is 10.1. The summed E-state index contributed by atoms with van der Waals surface area (Å²) >= 11 is 1.89. The van der Waals surface area contributed by atoms with Crippen molar-refractivity contribution < 1.29 is 4.42 Å². The highest BCUT2D eigenvalue weighted by molar-refractivity contribution is 7.98. The Kier molecular flexibility index (Phi) is 4.72. The number of hydrogen-bond acceptors (Lipinski definition) is 3. The van der Waals surface area contributed by atoms with E-state index < -0.39 is 0 Å². The molecule has 1 aromatic heterocycles. The molecule has 1 unspecified atom stereocenters. The van der Waals surface area contributed by atoms with Crippen LogP contribution in [0.3, 0.4) is 0 Å². The standard InChI is InChI=1S/C15H21NOS/c1-11-13-7-4-5-8-14(13)17-15(11)12(2)16-9-6-10-18-3/h4-5,7-8,12,16H,6,9-10H2,1-3H3. The van der Waals surface area contributed by atoms with Crippen LogP contribution in [0.25, 0.3) is 11.0 Å². The molecule has 0 saturated carbocycles. The topological polar surface area (TPSA) is 25.2 Å². The molecule has 1 N–H and O–H groups in total. The highest BCUT2D eigenvalue weighted by Crippen LogP contribution is 2.28. The molecule has 0 amide bonds. The lowest BCUT2D eigenvalue weighted by Gasteiger charge is -2.11. The zero-order chi connectivity index (χ0) is 13.0. The Hall–Kier alpha value is -0.930. The van der Waals surface area contributed by atoms with Crippen LogP contribution in [-0.2, 0) is 0 Å². The smallest absolute Gasteiger partial charge is 0.134 e. The van der Waals surface area contributed by atoms with Crippen molar-refractivity contribution in [3.05, 3.63) is 35.6 Å². The Morgan fingerprint density at radius 3 is 2.83 bits per heavy atom. The molecule has 1 aromatic carbocycles. The summed E-state index contributed by atoms with van der Waals surface area (Å²) < 4.78 is 5.95. The van der Waals surface area contributed by atoms with Gasteiger partial charge in [0.25, 0.3) is 0 Å². The summed E-state index contributed by atoms with van der Waals surface area (Å²) in [5.74, 6) is 2.28. The van der Waals surface area contributed by atoms with Gasteiger partial charge >= 0.3 is 0 Å². The van der Waals surface area contributed by atoms with Gasteiger partial charge in [0.2, 0.25) is 0 Å². The van der Waals surface area contributed by atoms with Gasteiger partial charge < -0.3 is 9.73 Å². The summed E-state index contributed by atoms with van der Waals surface area (Å²) in [5, 5.41) is 4.76. The third-order valence-corrected chi connectivity index (χ3v) is 3.95. The molecule has 98 valence electrons. The molecule has 2 rings (SSSR count). The molecule has 0 radical (unpaired) electrons. The van der Waals surface area contributed by atoms with Gasteiger partial charge in [-0.25, -0.2) is 0 Å². The second-order valence-electron chi connectivity index (χ2n) is 4.61. The van der Waals surface area contributed by atoms with E-state index >= 15 is 0 Å². The van der Waals surface area contributed by atoms with Gasteiger partial charge in [-0.1, -0.05) is 18.2 Å². The molecule has 0 fully saturated rings. The van der Waals surface area contributed by atoms with Gasteiger partial charge in [0.05, 0.1) is 6.04 Å². The fourth-order valence-corrected chi connectivity index (χ4v) is 2.67. The average molecular weight is 263 g/mol. The maximum atomic E-state index is 5.95. The van der Waals surface area contributed by atoms with E-state index in [2.05, 4.69) is 37.6 Å². The van der Waals surface area contributed by atoms with Crippen LogP contribution in [0.15, 0.2) is 28.7 Å². The molecule has 2 nitrogen and oxygen atoms in total. The fraction of sp³-hybridized carbons (Fsp3) is 0.467. The maximum absolute atomic E-state index is 5.95. The predicted octanol–water partition coefficient (Wildman–Crippen LogP) is 4.14. The Bertz CT molecular complexity index is 506. The molecule has 2 aromatic rings. The Balaban J connectivity index is 2.08. The summed E-state index contributed by atoms with van der Waals surface area (Å²) in [7, 11) is 0. The van der Waals surface area contributed by atoms with Crippen molar-refractivity contribution in [1.82, 2.24) is 5.32 Å². The minimum absolute atomic E-state index is 0.277. The van der Waals surface area contributed by atoms with Crippen molar-refractivity contribution in [3.8, 4) is 0 Å². The number of para-hydroxylation sites is 1. The van der Waals surface area contributed by atoms with Crippen molar-refractivity contribution in [2.24, 2.45) is 0 Å². The Labute approximate surface area is 113 Å². The second-order valence-corrected chi connectivity index (χ2v) is 5.60. The van der Waals surface area contributed by atoms with Crippen LogP contribution in [0, 0.1) is 6.92 Å². The van der Waals surface area contributed by atoms with Crippen LogP contribution >= 0.6 is 11.8 Å². The molecule has 0 aliphatic rings. The first kappa shape index (κ1) is 13.5. The molecular weight excluding hydrogens is 242 g/mol. The van der Waals surface area contributed by atoms with Gasteiger partial charge in [-0.3, -0.25) is 0 Å². The molecule has 0 aliphatic carbocycles. The van der Waals surface area contributed by atoms with Crippen molar-refractivity contribution in [2.45, 2.75) is 26.3 Å². The van der Waals surface area contributed by atoms with Crippen LogP contribution < -0.4 is 5.32 Å². The number of nitrogens with one attached hydrogen (secondary N) is 1. The number of furan rings is 1. The van der Waals surface area contributed by atoms with E-state index in [0.29, 0.717) is 0 Å². The minimum Gasteiger partial charge on any atom is -0.459 e. The first-order valence-corrected chi connectivity index (χ1v) is 7.83. The van der Waals surface area contributed by atoms with Crippen LogP contribution in [0.4, 0.5) is 0 Å². The largest absolute Gasteiger partial charge is 0.459 e. The van der Waals surface area contributed by atoms with Gasteiger partial charge in [-0.2, -0.15) is 11.8 Å². The summed E-state index contributed by atoms with van der Waals surface area (Å²) in [5.41, 5.74) is 2.25. The van der Waals surface area contributed by atoms with E-state index in [-0.39, 0.29) is 6.04 Å². The van der Waals surface area contributed by atoms with E-state index in [1.165, 1.54) is 23.1 Å². The monoisotopic (exact) mass is 263 g/mol. The number of benzene rings is 1. The van der Waals surface area contributed by atoms with Gasteiger partial charge in [-0.15, -0.1) is 0 Å². The highest BCUT2D eigenvalue weighted by atomic mass is 32.2. The molecule has 1 heterocycles. The lowest BCUT2D eigenvalue weighted by Crippen LogP contribution is -2.20. The molecular formula is C15H21NOS. The van der Waals surface area contributed by atoms with Crippen molar-refractivity contribution in [1.29, 1.82) is 0 Å². The fourth-order valence-electron chi connectivity index (χ4n) is 2.23. The molecule has 1 atom stereocenters. The third-order valence-electron chi connectivity index (χ3n) is 3.25. The summed E-state index contributed by atoms with van der Waals surface area (Å²) in [6.07, 6.45) is 3.34. The first-order chi connectivity index (χ1) is 8.74. The van der Waals surface area contributed by atoms with E-state index in [1.807, 2.05) is 23.9 Å². The minimum atomic E-state index is 0.277. The summed E-state index contributed by atoms with van der Waals surface area (Å²) in [6, 6.07) is 8.51. The van der Waals surface area contributed by atoms with Gasteiger partial charge in [-0.05, 0) is 50.5 Å². The third kappa shape index (κ3) is 2.90. The Morgan fingerprint density at radius 1 is 1.33 bits per heavy atom. The summed E-state index contributed by atoms with van der Waals surface area (Å²) in [4.78, 5) is 0. The molecule has 18 heavy (non-hydrogen) atoms. The molecule has 0 bridgehead atoms. The number of fused-ring (bicyclic) bond motifs is 1. The van der Waals surface area contributed by atoms with Gasteiger partial charge in [0, 0.05) is 5.39 Å². The Morgan fingerprint density at radius 2 is 2.11 bits per heavy atom. The zero-order valence-corrected chi connectivity index (χ0v) is 12.1. The SMILES string of the molecule is CSCCCNC(C)c1oc2ccccc2c1C. The number of hydrogen-bond donors (Lipinski definition) is 1. The molecule has 0 spiro atoms. The van der Waals surface area contributed by atoms with Crippen LogP contribution in [0.2, 0.25) is 0 Å². The van der Waals surface area contributed by atoms with Crippen LogP contribution in [0.1, 0.15) is 30.7 Å². The normalized spacial score (nSPS) is 13.1. The first-order valence-electron chi connectivity index (χ1n) is 6.44. The average Bonchev–Trinajstić information content (AvgIpc) is 2.73. The van der Waals surface area contributed by atoms with Crippen molar-refractivity contribution in [3.63, 3.8) is 0 Å². The summed E-state index contributed by atoms with van der Waals surface area (Å²) in [6.45, 7) is 5.35. The number of rotatable bonds is 6. The van der Waals surface area contributed by atoms with E-state index in [1.54, 1.807) is 0 Å². The highest BCUT2D eigenvalue weighted by Gasteiger charge is 2.15. The maximum Gasteiger partial charge on any atom is 0.134 e. The van der Waals surface area contributed by atoms with E-state index in [9.17, 15) is 0 Å². The van der Waals surface area contributed by atoms with Crippen molar-refractivity contribution in [2.75, 3.05) is 18.6 Å². The second kappa shape index (κ2) is 6.30. The predicted molar refractivity (Wildman–Crippen MR) is 80.4 cm³/mol. The number of aryl methyl sites for hydroxylation is 1. The molecule has 0 aliphatic heterocycles. The molecule has 0 saturated heterocycles. The van der Waals surface area contributed by atoms with E-state index in [0.717, 1.165) is 17.9 Å². The zero-order valence-electron chi connectivity index (χ0n) is 11.3. The quantitative estimate of drug-likeness (QED) is 0.793. The lowest BCUT2D eigenvalue weighted by molar-refractivity contribution is 0.449. The van der Waals surface area contributed by atoms with Gasteiger partial charge in [0.15, 0.2) is 0 Å². The number of thioether (sulfide) groups is 1.